The van der Waals surface area contributed by atoms with Crippen LogP contribution in [0.1, 0.15) is 23.2 Å². The average Bonchev–Trinajstić information content (AvgIpc) is 3.31. The van der Waals surface area contributed by atoms with Gasteiger partial charge in [-0.15, -0.1) is 0 Å². The number of nitrogens with zero attached hydrogens (tertiary/aromatic N) is 3. The number of benzene rings is 1. The zero-order valence-corrected chi connectivity index (χ0v) is 17.6. The smallest absolute Gasteiger partial charge is 0.229 e. The molecule has 33 heavy (non-hydrogen) atoms. The van der Waals surface area contributed by atoms with Crippen molar-refractivity contribution in [1.29, 1.82) is 5.26 Å². The number of aliphatic hydroxyl groups is 3. The lowest BCUT2D eigenvalue weighted by atomic mass is 9.85. The van der Waals surface area contributed by atoms with Crippen molar-refractivity contribution in [2.45, 2.75) is 43.9 Å². The molecule has 0 spiro atoms. The lowest BCUT2D eigenvalue weighted by Gasteiger charge is -2.36. The predicted octanol–water partition coefficient (Wildman–Crippen LogP) is 0.899. The number of hydrogen-bond donors (Lipinski definition) is 5. The van der Waals surface area contributed by atoms with Crippen molar-refractivity contribution in [3.63, 3.8) is 0 Å². The van der Waals surface area contributed by atoms with Gasteiger partial charge in [-0.2, -0.15) is 10.4 Å². The molecule has 6 N–H and O–H groups in total. The number of pyridine rings is 1. The molecule has 10 heteroatoms. The van der Waals surface area contributed by atoms with E-state index >= 15 is 0 Å². The Balaban J connectivity index is 1.63. The highest BCUT2D eigenvalue weighted by atomic mass is 16.7. The van der Waals surface area contributed by atoms with E-state index in [-0.39, 0.29) is 24.4 Å². The molecule has 4 atom stereocenters. The Hall–Kier alpha value is -3.49. The number of anilines is 1. The van der Waals surface area contributed by atoms with Gasteiger partial charge in [0.2, 0.25) is 6.29 Å². The van der Waals surface area contributed by atoms with Crippen LogP contribution in [0.15, 0.2) is 30.5 Å². The molecule has 0 bridgehead atoms. The molecular weight excluding hydrogens is 426 g/mol. The van der Waals surface area contributed by atoms with Crippen LogP contribution >= 0.6 is 0 Å². The molecule has 0 radical (unpaired) electrons. The summed E-state index contributed by atoms with van der Waals surface area (Å²) in [5.74, 6) is 0.439. The van der Waals surface area contributed by atoms with E-state index in [1.54, 1.807) is 24.4 Å². The van der Waals surface area contributed by atoms with E-state index in [4.69, 9.17) is 15.2 Å². The number of fused-ring (bicyclic) bond motifs is 3. The number of rotatable bonds is 4. The highest BCUT2D eigenvalue weighted by molar-refractivity contribution is 5.88. The minimum atomic E-state index is -1.30. The van der Waals surface area contributed by atoms with Gasteiger partial charge in [0.25, 0.3) is 0 Å². The number of nitrogen functional groups attached to an aromatic ring is 1. The number of H-pyrrole nitrogens is 1. The van der Waals surface area contributed by atoms with Crippen molar-refractivity contribution in [2.75, 3.05) is 12.3 Å². The Labute approximate surface area is 189 Å². The highest BCUT2D eigenvalue weighted by Gasteiger charge is 2.38. The van der Waals surface area contributed by atoms with E-state index in [1.165, 1.54) is 0 Å². The summed E-state index contributed by atoms with van der Waals surface area (Å²) in [5, 5.41) is 47.1. The number of nitriles is 1. The predicted molar refractivity (Wildman–Crippen MR) is 117 cm³/mol. The number of aryl methyl sites for hydroxylation is 1. The molecule has 170 valence electrons. The maximum Gasteiger partial charge on any atom is 0.229 e. The zero-order chi connectivity index (χ0) is 23.1. The van der Waals surface area contributed by atoms with Crippen LogP contribution in [-0.2, 0) is 17.6 Å². The Kier molecular flexibility index (Phi) is 5.47. The number of para-hydroxylation sites is 1. The van der Waals surface area contributed by atoms with Gasteiger partial charge >= 0.3 is 0 Å². The molecule has 1 saturated heterocycles. The normalized spacial score (nSPS) is 23.9. The third-order valence-electron chi connectivity index (χ3n) is 6.14. The van der Waals surface area contributed by atoms with Gasteiger partial charge in [0.15, 0.2) is 0 Å². The number of aliphatic hydroxyl groups excluding tert-OH is 3. The lowest BCUT2D eigenvalue weighted by molar-refractivity contribution is -0.240. The monoisotopic (exact) mass is 449 g/mol. The number of ether oxygens (including phenoxy) is 2. The molecule has 1 fully saturated rings. The number of aromatic amines is 1. The fourth-order valence-corrected chi connectivity index (χ4v) is 4.51. The molecule has 2 aliphatic rings. The van der Waals surface area contributed by atoms with Crippen LogP contribution in [0.25, 0.3) is 22.4 Å². The van der Waals surface area contributed by atoms with Crippen molar-refractivity contribution in [3.05, 3.63) is 47.3 Å². The first-order valence-electron chi connectivity index (χ1n) is 10.6. The van der Waals surface area contributed by atoms with E-state index < -0.39 is 24.6 Å². The summed E-state index contributed by atoms with van der Waals surface area (Å²) >= 11 is 0. The third kappa shape index (κ3) is 3.61. The summed E-state index contributed by atoms with van der Waals surface area (Å²) in [7, 11) is 0. The summed E-state index contributed by atoms with van der Waals surface area (Å²) < 4.78 is 11.7. The van der Waals surface area contributed by atoms with Gasteiger partial charge in [-0.1, -0.05) is 18.2 Å². The van der Waals surface area contributed by atoms with E-state index in [0.29, 0.717) is 35.4 Å². The Morgan fingerprint density at radius 1 is 1.24 bits per heavy atom. The summed E-state index contributed by atoms with van der Waals surface area (Å²) in [6.07, 6.45) is -1.17. The zero-order valence-electron chi connectivity index (χ0n) is 17.6. The first-order valence-corrected chi connectivity index (χ1v) is 10.6. The molecule has 3 heterocycles. The van der Waals surface area contributed by atoms with Crippen molar-refractivity contribution in [3.8, 4) is 34.2 Å². The van der Waals surface area contributed by atoms with E-state index in [2.05, 4.69) is 21.3 Å². The van der Waals surface area contributed by atoms with Crippen LogP contribution in [0.5, 0.6) is 5.75 Å². The number of nitrogens with two attached hydrogens (primary N) is 1. The quantitative estimate of drug-likeness (QED) is 0.388. The summed E-state index contributed by atoms with van der Waals surface area (Å²) in [6, 6.07) is 9.22. The van der Waals surface area contributed by atoms with Crippen molar-refractivity contribution < 1.29 is 24.8 Å². The standard InChI is InChI=1S/C23H23N5O5/c24-8-14-19(13-5-6-16-15(9-26-28-16)20(13)27-22(14)25)12-3-1-2-4-18(12)33-23-21(31)17(30)7-11(10-29)32-23/h1-4,9,11,17,21,23,29-31H,5-7,10H2,(H2,25,27)(H,26,28)/t11?,17?,21-,23?/m1/s1. The minimum Gasteiger partial charge on any atom is -0.461 e. The molecule has 1 aliphatic heterocycles. The Bertz CT molecular complexity index is 1240. The summed E-state index contributed by atoms with van der Waals surface area (Å²) in [6.45, 7) is -0.314. The SMILES string of the molecule is N#Cc1c(N)nc2c(c1-c1ccccc1OC1OC(CO)CC(O)[C@H]1O)CCc1[nH]ncc1-2. The second kappa shape index (κ2) is 8.46. The molecule has 1 aliphatic carbocycles. The second-order valence-corrected chi connectivity index (χ2v) is 8.16. The van der Waals surface area contributed by atoms with Crippen molar-refractivity contribution in [2.24, 2.45) is 0 Å². The average molecular weight is 449 g/mol. The van der Waals surface area contributed by atoms with Gasteiger partial charge in [-0.05, 0) is 24.5 Å². The topological polar surface area (TPSA) is 171 Å². The molecule has 10 nitrogen and oxygen atoms in total. The fourth-order valence-electron chi connectivity index (χ4n) is 4.51. The van der Waals surface area contributed by atoms with Gasteiger partial charge < -0.3 is 30.5 Å². The molecule has 2 aromatic heterocycles. The molecule has 3 aromatic rings. The van der Waals surface area contributed by atoms with Crippen LogP contribution in [0.3, 0.4) is 0 Å². The maximum atomic E-state index is 10.4. The highest BCUT2D eigenvalue weighted by Crippen LogP contribution is 2.43. The summed E-state index contributed by atoms with van der Waals surface area (Å²) in [5.41, 5.74) is 10.9. The van der Waals surface area contributed by atoms with Gasteiger partial charge in [0.05, 0.1) is 30.7 Å². The van der Waals surface area contributed by atoms with Crippen LogP contribution in [0.4, 0.5) is 5.82 Å². The molecule has 5 rings (SSSR count). The molecule has 0 saturated carbocycles. The van der Waals surface area contributed by atoms with Crippen molar-refractivity contribution in [1.82, 2.24) is 15.2 Å². The summed E-state index contributed by atoms with van der Waals surface area (Å²) in [4.78, 5) is 4.50. The Morgan fingerprint density at radius 2 is 2.06 bits per heavy atom. The maximum absolute atomic E-state index is 10.4. The van der Waals surface area contributed by atoms with Gasteiger partial charge in [-0.3, -0.25) is 5.10 Å². The molecule has 0 amide bonds. The first kappa shape index (κ1) is 21.4. The van der Waals surface area contributed by atoms with E-state index in [0.717, 1.165) is 16.8 Å². The van der Waals surface area contributed by atoms with Crippen LogP contribution in [0.2, 0.25) is 0 Å². The number of aromatic nitrogens is 3. The van der Waals surface area contributed by atoms with Crippen LogP contribution in [-0.4, -0.2) is 61.7 Å². The fraction of sp³-hybridized carbons (Fsp3) is 0.348. The molecular formula is C23H23N5O5. The number of nitrogens with one attached hydrogen (secondary N) is 1. The Morgan fingerprint density at radius 3 is 2.85 bits per heavy atom. The molecule has 1 aromatic carbocycles. The van der Waals surface area contributed by atoms with Crippen LogP contribution < -0.4 is 10.5 Å². The molecule has 3 unspecified atom stereocenters. The van der Waals surface area contributed by atoms with Crippen molar-refractivity contribution >= 4 is 5.82 Å². The van der Waals surface area contributed by atoms with Crippen LogP contribution in [0, 0.1) is 11.3 Å². The van der Waals surface area contributed by atoms with E-state index in [9.17, 15) is 20.6 Å². The second-order valence-electron chi connectivity index (χ2n) is 8.16. The van der Waals surface area contributed by atoms with Gasteiger partial charge in [0.1, 0.15) is 29.3 Å². The first-order chi connectivity index (χ1) is 16.0. The van der Waals surface area contributed by atoms with Gasteiger partial charge in [-0.25, -0.2) is 4.98 Å². The van der Waals surface area contributed by atoms with E-state index in [1.807, 2.05) is 6.07 Å². The minimum absolute atomic E-state index is 0.0964. The largest absolute Gasteiger partial charge is 0.461 e. The number of hydrogen-bond acceptors (Lipinski definition) is 9. The van der Waals surface area contributed by atoms with Gasteiger partial charge in [0, 0.05) is 28.8 Å². The third-order valence-corrected chi connectivity index (χ3v) is 6.14. The lowest BCUT2D eigenvalue weighted by Crippen LogP contribution is -2.51.